The molecule has 0 spiro atoms. The van der Waals surface area contributed by atoms with Crippen LogP contribution in [0.3, 0.4) is 0 Å². The van der Waals surface area contributed by atoms with Gasteiger partial charge in [0, 0.05) is 17.3 Å². The van der Waals surface area contributed by atoms with Crippen LogP contribution in [0.5, 0.6) is 0 Å². The van der Waals surface area contributed by atoms with E-state index in [4.69, 9.17) is 0 Å². The largest absolute Gasteiger partial charge is 0.310 e. The van der Waals surface area contributed by atoms with Crippen molar-refractivity contribution in [2.75, 3.05) is 5.75 Å². The van der Waals surface area contributed by atoms with E-state index >= 15 is 0 Å². The van der Waals surface area contributed by atoms with Gasteiger partial charge < -0.3 is 5.32 Å². The summed E-state index contributed by atoms with van der Waals surface area (Å²) in [4.78, 5) is 0. The molecule has 94 valence electrons. The Hall–Kier alpha value is 0.310. The lowest BCUT2D eigenvalue weighted by molar-refractivity contribution is 0.257. The van der Waals surface area contributed by atoms with E-state index in [1.807, 2.05) is 0 Å². The molecule has 16 heavy (non-hydrogen) atoms. The Balaban J connectivity index is 1.78. The predicted molar refractivity (Wildman–Crippen MR) is 74.1 cm³/mol. The first-order chi connectivity index (χ1) is 7.77. The number of hydrogen-bond acceptors (Lipinski definition) is 2. The molecule has 0 amide bonds. The molecule has 2 heteroatoms. The van der Waals surface area contributed by atoms with Gasteiger partial charge in [-0.1, -0.05) is 26.2 Å². The summed E-state index contributed by atoms with van der Waals surface area (Å²) in [7, 11) is 0. The average Bonchev–Trinajstić information content (AvgIpc) is 2.33. The molecule has 2 unspecified atom stereocenters. The molecule has 0 aromatic rings. The van der Waals surface area contributed by atoms with Gasteiger partial charge in [-0.25, -0.2) is 0 Å². The van der Waals surface area contributed by atoms with Gasteiger partial charge >= 0.3 is 0 Å². The molecule has 1 aliphatic heterocycles. The summed E-state index contributed by atoms with van der Waals surface area (Å²) in [6.07, 6.45) is 10.1. The zero-order valence-electron chi connectivity index (χ0n) is 10.9. The summed E-state index contributed by atoms with van der Waals surface area (Å²) >= 11 is 2.15. The third-order valence-electron chi connectivity index (χ3n) is 4.44. The van der Waals surface area contributed by atoms with Crippen molar-refractivity contribution in [2.24, 2.45) is 5.92 Å². The van der Waals surface area contributed by atoms with Crippen LogP contribution >= 0.6 is 11.8 Å². The zero-order valence-corrected chi connectivity index (χ0v) is 11.7. The molecule has 1 aliphatic carbocycles. The van der Waals surface area contributed by atoms with E-state index in [2.05, 4.69) is 30.9 Å². The Bertz CT molecular complexity index is 201. The maximum absolute atomic E-state index is 3.92. The molecule has 2 fully saturated rings. The van der Waals surface area contributed by atoms with E-state index in [0.29, 0.717) is 0 Å². The third-order valence-corrected chi connectivity index (χ3v) is 5.82. The van der Waals surface area contributed by atoms with Gasteiger partial charge in [-0.3, -0.25) is 0 Å². The normalized spacial score (nSPS) is 34.9. The number of rotatable bonds is 3. The zero-order chi connectivity index (χ0) is 11.4. The number of hydrogen-bond donors (Lipinski definition) is 1. The van der Waals surface area contributed by atoms with Crippen LogP contribution in [0.4, 0.5) is 0 Å². The van der Waals surface area contributed by atoms with Crippen LogP contribution in [-0.4, -0.2) is 23.1 Å². The average molecular weight is 241 g/mol. The standard InChI is InChI=1S/C14H27NS/c1-11(13-7-4-3-5-8-13)15-14-9-6-10-16-12(14)2/h11-15H,3-10H2,1-2H3/t11-,12?,14?/m1/s1. The van der Waals surface area contributed by atoms with Crippen molar-refractivity contribution in [3.05, 3.63) is 0 Å². The summed E-state index contributed by atoms with van der Waals surface area (Å²) < 4.78 is 0. The molecule has 2 aliphatic rings. The molecule has 2 rings (SSSR count). The highest BCUT2D eigenvalue weighted by molar-refractivity contribution is 7.99. The molecule has 1 N–H and O–H groups in total. The summed E-state index contributed by atoms with van der Waals surface area (Å²) in [5.41, 5.74) is 0. The van der Waals surface area contributed by atoms with Crippen molar-refractivity contribution >= 4 is 11.8 Å². The minimum Gasteiger partial charge on any atom is -0.310 e. The second-order valence-electron chi connectivity index (χ2n) is 5.68. The first-order valence-corrected chi connectivity index (χ1v) is 8.20. The Labute approximate surface area is 105 Å². The number of nitrogens with one attached hydrogen (secondary N) is 1. The van der Waals surface area contributed by atoms with E-state index in [-0.39, 0.29) is 0 Å². The molecule has 0 bridgehead atoms. The smallest absolute Gasteiger partial charge is 0.0186 e. The maximum atomic E-state index is 3.92. The van der Waals surface area contributed by atoms with Crippen LogP contribution in [0.1, 0.15) is 58.8 Å². The van der Waals surface area contributed by atoms with Crippen LogP contribution in [0.25, 0.3) is 0 Å². The van der Waals surface area contributed by atoms with Gasteiger partial charge in [0.2, 0.25) is 0 Å². The Morgan fingerprint density at radius 2 is 1.81 bits per heavy atom. The van der Waals surface area contributed by atoms with Crippen molar-refractivity contribution in [1.82, 2.24) is 5.32 Å². The van der Waals surface area contributed by atoms with Gasteiger partial charge in [-0.15, -0.1) is 0 Å². The molecule has 0 aromatic heterocycles. The first kappa shape index (κ1) is 12.8. The molecular formula is C14H27NS. The first-order valence-electron chi connectivity index (χ1n) is 7.15. The fourth-order valence-electron chi connectivity index (χ4n) is 3.25. The monoisotopic (exact) mass is 241 g/mol. The maximum Gasteiger partial charge on any atom is 0.0186 e. The van der Waals surface area contributed by atoms with E-state index in [1.54, 1.807) is 0 Å². The highest BCUT2D eigenvalue weighted by Gasteiger charge is 2.26. The Morgan fingerprint density at radius 3 is 2.50 bits per heavy atom. The van der Waals surface area contributed by atoms with Gasteiger partial charge in [0.1, 0.15) is 0 Å². The molecule has 1 saturated carbocycles. The van der Waals surface area contributed by atoms with Gasteiger partial charge in [0.05, 0.1) is 0 Å². The Kier molecular flexibility index (Phi) is 5.02. The fourth-order valence-corrected chi connectivity index (χ4v) is 4.40. The minimum atomic E-state index is 0.742. The molecular weight excluding hydrogens is 214 g/mol. The van der Waals surface area contributed by atoms with Crippen molar-refractivity contribution in [3.63, 3.8) is 0 Å². The van der Waals surface area contributed by atoms with E-state index < -0.39 is 0 Å². The summed E-state index contributed by atoms with van der Waals surface area (Å²) in [5.74, 6) is 2.32. The highest BCUT2D eigenvalue weighted by Crippen LogP contribution is 2.29. The fraction of sp³-hybridized carbons (Fsp3) is 1.00. The van der Waals surface area contributed by atoms with E-state index in [0.717, 1.165) is 23.3 Å². The van der Waals surface area contributed by atoms with Crippen LogP contribution in [0, 0.1) is 5.92 Å². The molecule has 1 nitrogen and oxygen atoms in total. The van der Waals surface area contributed by atoms with Crippen molar-refractivity contribution in [1.29, 1.82) is 0 Å². The predicted octanol–water partition coefficient (Wildman–Crippen LogP) is 3.83. The molecule has 0 aromatic carbocycles. The third kappa shape index (κ3) is 3.40. The molecule has 0 radical (unpaired) electrons. The van der Waals surface area contributed by atoms with E-state index in [1.165, 1.54) is 50.7 Å². The van der Waals surface area contributed by atoms with Crippen molar-refractivity contribution in [3.8, 4) is 0 Å². The Morgan fingerprint density at radius 1 is 1.06 bits per heavy atom. The lowest BCUT2D eigenvalue weighted by Crippen LogP contribution is -2.47. The van der Waals surface area contributed by atoms with Gasteiger partial charge in [0.25, 0.3) is 0 Å². The van der Waals surface area contributed by atoms with Crippen LogP contribution in [0.15, 0.2) is 0 Å². The molecule has 1 saturated heterocycles. The van der Waals surface area contributed by atoms with E-state index in [9.17, 15) is 0 Å². The van der Waals surface area contributed by atoms with Crippen molar-refractivity contribution < 1.29 is 0 Å². The van der Waals surface area contributed by atoms with Gasteiger partial charge in [-0.05, 0) is 44.3 Å². The van der Waals surface area contributed by atoms with Crippen LogP contribution in [-0.2, 0) is 0 Å². The van der Waals surface area contributed by atoms with Gasteiger partial charge in [-0.2, -0.15) is 11.8 Å². The second kappa shape index (κ2) is 6.30. The summed E-state index contributed by atoms with van der Waals surface area (Å²) in [6, 6.07) is 1.52. The minimum absolute atomic E-state index is 0.742. The summed E-state index contributed by atoms with van der Waals surface area (Å²) in [6.45, 7) is 4.82. The SMILES string of the molecule is CC1SCCCC1N[C@H](C)C1CCCCC1. The highest BCUT2D eigenvalue weighted by atomic mass is 32.2. The lowest BCUT2D eigenvalue weighted by Gasteiger charge is -2.36. The quantitative estimate of drug-likeness (QED) is 0.806. The molecule has 3 atom stereocenters. The topological polar surface area (TPSA) is 12.0 Å². The van der Waals surface area contributed by atoms with Gasteiger partial charge in [0.15, 0.2) is 0 Å². The van der Waals surface area contributed by atoms with Crippen LogP contribution < -0.4 is 5.32 Å². The van der Waals surface area contributed by atoms with Crippen molar-refractivity contribution in [2.45, 2.75) is 76.1 Å². The number of thioether (sulfide) groups is 1. The van der Waals surface area contributed by atoms with Crippen LogP contribution in [0.2, 0.25) is 0 Å². The second-order valence-corrected chi connectivity index (χ2v) is 7.16. The molecule has 1 heterocycles. The lowest BCUT2D eigenvalue weighted by atomic mass is 9.84. The summed E-state index contributed by atoms with van der Waals surface area (Å²) in [5, 5.41) is 4.74.